The van der Waals surface area contributed by atoms with Crippen LogP contribution in [-0.4, -0.2) is 27.3 Å². The molecule has 1 aliphatic rings. The lowest BCUT2D eigenvalue weighted by molar-refractivity contribution is 0.0706. The molecule has 0 aliphatic carbocycles. The Balaban J connectivity index is 1.60. The SMILES string of the molecule is NS(=O)(=O)c1ccc2c(c1)OCC(F)C([C@@H](c1ccccc1)c1cc3ccccc3o1)O2. The standard InChI is InChI=1S/C24H20FNO5S/c25-18-14-29-21-13-17(32(26,27)28)10-11-20(21)31-24(18)23(15-6-2-1-3-7-15)22-12-16-8-4-5-9-19(16)30-22/h1-13,18,23-24H,14H2,(H2,26,27,28)/t18?,23-,24?/m0/s1. The van der Waals surface area contributed by atoms with Crippen LogP contribution in [0.25, 0.3) is 11.0 Å². The molecule has 0 bridgehead atoms. The normalized spacial score (nSPS) is 19.4. The van der Waals surface area contributed by atoms with Gasteiger partial charge in [0.1, 0.15) is 24.1 Å². The number of fused-ring (bicyclic) bond motifs is 2. The average molecular weight is 453 g/mol. The molecular weight excluding hydrogens is 433 g/mol. The molecule has 2 heterocycles. The Morgan fingerprint density at radius 1 is 0.938 bits per heavy atom. The van der Waals surface area contributed by atoms with Crippen molar-refractivity contribution >= 4 is 21.0 Å². The fraction of sp³-hybridized carbons (Fsp3) is 0.167. The Kier molecular flexibility index (Phi) is 5.11. The summed E-state index contributed by atoms with van der Waals surface area (Å²) >= 11 is 0. The second-order valence-electron chi connectivity index (χ2n) is 7.64. The maximum Gasteiger partial charge on any atom is 0.238 e. The van der Waals surface area contributed by atoms with Gasteiger partial charge in [0, 0.05) is 11.5 Å². The van der Waals surface area contributed by atoms with E-state index < -0.39 is 28.2 Å². The van der Waals surface area contributed by atoms with E-state index in [0.717, 1.165) is 10.9 Å². The first-order chi connectivity index (χ1) is 15.4. The molecule has 2 unspecified atom stereocenters. The van der Waals surface area contributed by atoms with Crippen LogP contribution in [0.1, 0.15) is 17.2 Å². The zero-order valence-electron chi connectivity index (χ0n) is 16.8. The smallest absolute Gasteiger partial charge is 0.238 e. The van der Waals surface area contributed by atoms with Crippen LogP contribution >= 0.6 is 0 Å². The van der Waals surface area contributed by atoms with Gasteiger partial charge in [-0.2, -0.15) is 0 Å². The number of rotatable bonds is 4. The van der Waals surface area contributed by atoms with Gasteiger partial charge in [0.15, 0.2) is 17.7 Å². The molecule has 0 saturated carbocycles. The predicted molar refractivity (Wildman–Crippen MR) is 117 cm³/mol. The summed E-state index contributed by atoms with van der Waals surface area (Å²) in [7, 11) is -3.94. The van der Waals surface area contributed by atoms with E-state index in [1.165, 1.54) is 18.2 Å². The minimum atomic E-state index is -3.94. The van der Waals surface area contributed by atoms with Crippen molar-refractivity contribution in [2.45, 2.75) is 23.1 Å². The molecule has 0 fully saturated rings. The summed E-state index contributed by atoms with van der Waals surface area (Å²) in [6.07, 6.45) is -2.49. The number of sulfonamides is 1. The summed E-state index contributed by atoms with van der Waals surface area (Å²) < 4.78 is 56.6. The fourth-order valence-electron chi connectivity index (χ4n) is 3.97. The van der Waals surface area contributed by atoms with E-state index in [9.17, 15) is 8.42 Å². The van der Waals surface area contributed by atoms with Crippen LogP contribution in [0.3, 0.4) is 0 Å². The number of primary sulfonamides is 1. The maximum atomic E-state index is 15.4. The molecule has 5 rings (SSSR count). The Morgan fingerprint density at radius 2 is 1.69 bits per heavy atom. The number of para-hydroxylation sites is 1. The second kappa shape index (κ2) is 7.96. The van der Waals surface area contributed by atoms with Crippen LogP contribution < -0.4 is 14.6 Å². The first-order valence-electron chi connectivity index (χ1n) is 10.0. The van der Waals surface area contributed by atoms with E-state index >= 15 is 4.39 Å². The van der Waals surface area contributed by atoms with Gasteiger partial charge in [-0.1, -0.05) is 48.5 Å². The predicted octanol–water partition coefficient (Wildman–Crippen LogP) is 4.39. The highest BCUT2D eigenvalue weighted by molar-refractivity contribution is 7.89. The number of halogens is 1. The number of nitrogens with two attached hydrogens (primary N) is 1. The number of benzene rings is 3. The van der Waals surface area contributed by atoms with E-state index in [4.69, 9.17) is 19.0 Å². The van der Waals surface area contributed by atoms with E-state index in [1.807, 2.05) is 60.7 Å². The Morgan fingerprint density at radius 3 is 2.44 bits per heavy atom. The van der Waals surface area contributed by atoms with Gasteiger partial charge in [-0.05, 0) is 29.8 Å². The summed E-state index contributed by atoms with van der Waals surface area (Å²) in [6.45, 7) is -0.310. The number of furan rings is 1. The molecule has 32 heavy (non-hydrogen) atoms. The van der Waals surface area contributed by atoms with Gasteiger partial charge in [0.25, 0.3) is 0 Å². The largest absolute Gasteiger partial charge is 0.486 e. The monoisotopic (exact) mass is 453 g/mol. The molecule has 8 heteroatoms. The van der Waals surface area contributed by atoms with Gasteiger partial charge >= 0.3 is 0 Å². The molecular formula is C24H20FNO5S. The molecule has 6 nitrogen and oxygen atoms in total. The number of hydrogen-bond acceptors (Lipinski definition) is 5. The lowest BCUT2D eigenvalue weighted by Gasteiger charge is -2.27. The van der Waals surface area contributed by atoms with E-state index in [2.05, 4.69) is 0 Å². The first kappa shape index (κ1) is 20.5. The van der Waals surface area contributed by atoms with E-state index in [-0.39, 0.29) is 23.0 Å². The van der Waals surface area contributed by atoms with Gasteiger partial charge in [0.2, 0.25) is 10.0 Å². The average Bonchev–Trinajstić information content (AvgIpc) is 3.14. The molecule has 1 aromatic heterocycles. The number of ether oxygens (including phenoxy) is 2. The van der Waals surface area contributed by atoms with Crippen LogP contribution in [0.5, 0.6) is 11.5 Å². The summed E-state index contributed by atoms with van der Waals surface area (Å²) in [5.74, 6) is 0.360. The van der Waals surface area contributed by atoms with Crippen LogP contribution in [0, 0.1) is 0 Å². The Hall–Kier alpha value is -3.36. The number of alkyl halides is 1. The van der Waals surface area contributed by atoms with Crippen LogP contribution in [0.15, 0.2) is 88.2 Å². The lowest BCUT2D eigenvalue weighted by Crippen LogP contribution is -2.37. The molecule has 0 spiro atoms. The lowest BCUT2D eigenvalue weighted by atomic mass is 9.88. The summed E-state index contributed by atoms with van der Waals surface area (Å²) in [4.78, 5) is -0.134. The fourth-order valence-corrected chi connectivity index (χ4v) is 4.50. The zero-order chi connectivity index (χ0) is 22.3. The van der Waals surface area contributed by atoms with Crippen molar-refractivity contribution in [1.29, 1.82) is 0 Å². The van der Waals surface area contributed by atoms with Gasteiger partial charge in [0.05, 0.1) is 10.8 Å². The van der Waals surface area contributed by atoms with Gasteiger partial charge in [-0.15, -0.1) is 0 Å². The zero-order valence-corrected chi connectivity index (χ0v) is 17.7. The van der Waals surface area contributed by atoms with E-state index in [0.29, 0.717) is 11.3 Å². The Labute approximate surface area is 184 Å². The molecule has 164 valence electrons. The third-order valence-electron chi connectivity index (χ3n) is 5.50. The Bertz CT molecular complexity index is 1340. The first-order valence-corrected chi connectivity index (χ1v) is 11.6. The molecule has 3 atom stereocenters. The summed E-state index contributed by atoms with van der Waals surface area (Å²) in [5, 5.41) is 6.11. The third-order valence-corrected chi connectivity index (χ3v) is 6.41. The van der Waals surface area contributed by atoms with Crippen LogP contribution in [0.2, 0.25) is 0 Å². The van der Waals surface area contributed by atoms with Crippen molar-refractivity contribution in [3.63, 3.8) is 0 Å². The molecule has 0 radical (unpaired) electrons. The van der Waals surface area contributed by atoms with Crippen LogP contribution in [-0.2, 0) is 10.0 Å². The van der Waals surface area contributed by atoms with Crippen molar-refractivity contribution in [1.82, 2.24) is 0 Å². The highest BCUT2D eigenvalue weighted by Gasteiger charge is 2.39. The summed E-state index contributed by atoms with van der Waals surface area (Å²) in [6, 6.07) is 22.9. The molecule has 3 aromatic carbocycles. The van der Waals surface area contributed by atoms with Crippen molar-refractivity contribution in [2.75, 3.05) is 6.61 Å². The number of hydrogen-bond donors (Lipinski definition) is 1. The second-order valence-corrected chi connectivity index (χ2v) is 9.20. The topological polar surface area (TPSA) is 91.8 Å². The molecule has 1 aliphatic heterocycles. The minimum absolute atomic E-state index is 0.123. The molecule has 0 saturated heterocycles. The third kappa shape index (κ3) is 3.83. The minimum Gasteiger partial charge on any atom is -0.486 e. The van der Waals surface area contributed by atoms with Crippen LogP contribution in [0.4, 0.5) is 4.39 Å². The van der Waals surface area contributed by atoms with Gasteiger partial charge in [-0.25, -0.2) is 17.9 Å². The molecule has 0 amide bonds. The molecule has 4 aromatic rings. The maximum absolute atomic E-state index is 15.4. The quantitative estimate of drug-likeness (QED) is 0.495. The highest BCUT2D eigenvalue weighted by Crippen LogP contribution is 2.41. The van der Waals surface area contributed by atoms with Crippen molar-refractivity contribution in [3.8, 4) is 11.5 Å². The molecule has 2 N–H and O–H groups in total. The van der Waals surface area contributed by atoms with E-state index in [1.54, 1.807) is 0 Å². The van der Waals surface area contributed by atoms with Gasteiger partial charge < -0.3 is 13.9 Å². The van der Waals surface area contributed by atoms with Crippen molar-refractivity contribution < 1.29 is 26.7 Å². The van der Waals surface area contributed by atoms with Gasteiger partial charge in [-0.3, -0.25) is 0 Å². The van der Waals surface area contributed by atoms with Crippen molar-refractivity contribution in [2.24, 2.45) is 5.14 Å². The summed E-state index contributed by atoms with van der Waals surface area (Å²) in [5.41, 5.74) is 1.52. The van der Waals surface area contributed by atoms with Crippen molar-refractivity contribution in [3.05, 3.63) is 90.2 Å². The highest BCUT2D eigenvalue weighted by atomic mass is 32.2.